The van der Waals surface area contributed by atoms with E-state index in [0.717, 1.165) is 24.3 Å². The highest BCUT2D eigenvalue weighted by molar-refractivity contribution is 7.92. The Kier molecular flexibility index (Phi) is 4.84. The van der Waals surface area contributed by atoms with Gasteiger partial charge in [-0.3, -0.25) is 9.10 Å². The van der Waals surface area contributed by atoms with Crippen molar-refractivity contribution in [1.82, 2.24) is 4.90 Å². The second kappa shape index (κ2) is 6.63. The van der Waals surface area contributed by atoms with Crippen LogP contribution in [-0.2, 0) is 16.4 Å². The van der Waals surface area contributed by atoms with Gasteiger partial charge in [-0.1, -0.05) is 6.92 Å². The number of rotatable bonds is 3. The first-order valence-corrected chi connectivity index (χ1v) is 10.9. The summed E-state index contributed by atoms with van der Waals surface area (Å²) in [7, 11) is -1.41. The van der Waals surface area contributed by atoms with Gasteiger partial charge in [0.15, 0.2) is 0 Å². The summed E-state index contributed by atoms with van der Waals surface area (Å²) in [6.45, 7) is 4.17. The maximum absolute atomic E-state index is 12.9. The van der Waals surface area contributed by atoms with E-state index in [4.69, 9.17) is 0 Å². The van der Waals surface area contributed by atoms with E-state index in [0.29, 0.717) is 23.7 Å². The molecule has 1 aromatic rings. The molecule has 0 unspecified atom stereocenters. The van der Waals surface area contributed by atoms with Crippen LogP contribution in [0.25, 0.3) is 0 Å². The fourth-order valence-corrected chi connectivity index (χ4v) is 5.50. The minimum atomic E-state index is -3.30. The quantitative estimate of drug-likeness (QED) is 0.828. The van der Waals surface area contributed by atoms with Crippen LogP contribution in [0, 0.1) is 5.92 Å². The van der Waals surface area contributed by atoms with Crippen LogP contribution in [0.2, 0.25) is 0 Å². The summed E-state index contributed by atoms with van der Waals surface area (Å²) >= 11 is 0. The lowest BCUT2D eigenvalue weighted by molar-refractivity contribution is 0.0679. The zero-order chi connectivity index (χ0) is 18.4. The van der Waals surface area contributed by atoms with Gasteiger partial charge in [0, 0.05) is 24.7 Å². The monoisotopic (exact) mass is 364 g/mol. The average Bonchev–Trinajstić information content (AvgIpc) is 2.89. The number of fused-ring (bicyclic) bond motifs is 1. The fourth-order valence-electron chi connectivity index (χ4n) is 4.24. The summed E-state index contributed by atoms with van der Waals surface area (Å²) in [5.41, 5.74) is 2.30. The highest BCUT2D eigenvalue weighted by atomic mass is 32.2. The summed E-state index contributed by atoms with van der Waals surface area (Å²) in [6.07, 6.45) is 6.35. The lowest BCUT2D eigenvalue weighted by Gasteiger charge is -2.33. The Balaban J connectivity index is 1.81. The molecule has 0 radical (unpaired) electrons. The van der Waals surface area contributed by atoms with Crippen molar-refractivity contribution in [2.24, 2.45) is 5.92 Å². The van der Waals surface area contributed by atoms with Crippen molar-refractivity contribution in [3.8, 4) is 0 Å². The summed E-state index contributed by atoms with van der Waals surface area (Å²) in [6, 6.07) is 5.63. The molecule has 6 heteroatoms. The topological polar surface area (TPSA) is 57.7 Å². The highest BCUT2D eigenvalue weighted by Gasteiger charge is 2.33. The minimum absolute atomic E-state index is 0.0350. The number of amides is 1. The number of hydrogen-bond donors (Lipinski definition) is 0. The molecule has 2 aliphatic rings. The van der Waals surface area contributed by atoms with E-state index in [-0.39, 0.29) is 11.9 Å². The smallest absolute Gasteiger partial charge is 0.253 e. The Morgan fingerprint density at radius 2 is 1.80 bits per heavy atom. The molecular formula is C19H28N2O3S. The van der Waals surface area contributed by atoms with Crippen LogP contribution in [-0.4, -0.2) is 44.6 Å². The van der Waals surface area contributed by atoms with Gasteiger partial charge in [0.2, 0.25) is 10.0 Å². The molecule has 1 fully saturated rings. The molecule has 138 valence electrons. The van der Waals surface area contributed by atoms with Gasteiger partial charge in [-0.25, -0.2) is 8.42 Å². The molecule has 1 aliphatic heterocycles. The van der Waals surface area contributed by atoms with Crippen molar-refractivity contribution < 1.29 is 13.2 Å². The second-order valence-corrected chi connectivity index (χ2v) is 9.64. The molecule has 25 heavy (non-hydrogen) atoms. The Labute approximate surface area is 151 Å². The van der Waals surface area contributed by atoms with Crippen molar-refractivity contribution >= 4 is 21.6 Å². The van der Waals surface area contributed by atoms with E-state index in [1.54, 1.807) is 12.1 Å². The van der Waals surface area contributed by atoms with Crippen LogP contribution in [0.4, 0.5) is 5.69 Å². The largest absolute Gasteiger partial charge is 0.339 e. The lowest BCUT2D eigenvalue weighted by Crippen LogP contribution is -2.39. The third kappa shape index (κ3) is 3.54. The van der Waals surface area contributed by atoms with Gasteiger partial charge >= 0.3 is 0 Å². The summed E-state index contributed by atoms with van der Waals surface area (Å²) in [5, 5.41) is 0. The minimum Gasteiger partial charge on any atom is -0.339 e. The molecule has 3 rings (SSSR count). The molecule has 0 N–H and O–H groups in total. The summed E-state index contributed by atoms with van der Waals surface area (Å²) in [4.78, 5) is 14.8. The zero-order valence-corrected chi connectivity index (χ0v) is 16.3. The van der Waals surface area contributed by atoms with E-state index in [1.165, 1.54) is 23.4 Å². The first kappa shape index (κ1) is 18.2. The standard InChI is InChI=1S/C19H28N2O3S/c1-13-5-8-17(9-6-13)20(3)19(22)15-7-10-18-16(12-15)11-14(2)21(18)25(4,23)24/h7,10,12-14,17H,5-6,8-9,11H2,1-4H3/t13?,14-,17?/m1/s1. The number of carbonyl (C=O) groups excluding carboxylic acids is 1. The maximum Gasteiger partial charge on any atom is 0.253 e. The molecule has 1 atom stereocenters. The molecule has 1 heterocycles. The van der Waals surface area contributed by atoms with Crippen molar-refractivity contribution in [1.29, 1.82) is 0 Å². The van der Waals surface area contributed by atoms with Crippen molar-refractivity contribution in [3.63, 3.8) is 0 Å². The third-order valence-electron chi connectivity index (χ3n) is 5.69. The van der Waals surface area contributed by atoms with Gasteiger partial charge < -0.3 is 4.90 Å². The molecule has 0 saturated heterocycles. The number of benzene rings is 1. The van der Waals surface area contributed by atoms with Crippen LogP contribution >= 0.6 is 0 Å². The Bertz CT molecular complexity index is 767. The van der Waals surface area contributed by atoms with Gasteiger partial charge in [0.1, 0.15) is 0 Å². The van der Waals surface area contributed by atoms with Gasteiger partial charge in [-0.15, -0.1) is 0 Å². The van der Waals surface area contributed by atoms with Crippen LogP contribution in [0.5, 0.6) is 0 Å². The molecule has 0 aromatic heterocycles. The highest BCUT2D eigenvalue weighted by Crippen LogP contribution is 2.35. The van der Waals surface area contributed by atoms with E-state index >= 15 is 0 Å². The summed E-state index contributed by atoms with van der Waals surface area (Å²) < 4.78 is 25.5. The maximum atomic E-state index is 12.9. The number of sulfonamides is 1. The van der Waals surface area contributed by atoms with E-state index in [1.807, 2.05) is 24.9 Å². The second-order valence-electron chi connectivity index (χ2n) is 7.79. The Morgan fingerprint density at radius 3 is 2.40 bits per heavy atom. The van der Waals surface area contributed by atoms with E-state index < -0.39 is 10.0 Å². The Morgan fingerprint density at radius 1 is 1.16 bits per heavy atom. The SMILES string of the molecule is CC1CCC(N(C)C(=O)c2ccc3c(c2)C[C@@H](C)N3S(C)(=O)=O)CC1. The normalized spacial score (nSPS) is 26.4. The van der Waals surface area contributed by atoms with Gasteiger partial charge in [0.05, 0.1) is 11.9 Å². The number of anilines is 1. The number of nitrogens with zero attached hydrogens (tertiary/aromatic N) is 2. The van der Waals surface area contributed by atoms with Crippen molar-refractivity contribution in [2.45, 2.75) is 58.0 Å². The number of carbonyl (C=O) groups is 1. The van der Waals surface area contributed by atoms with Crippen LogP contribution in [0.1, 0.15) is 55.5 Å². The molecule has 1 aliphatic carbocycles. The third-order valence-corrected chi connectivity index (χ3v) is 6.96. The predicted molar refractivity (Wildman–Crippen MR) is 100 cm³/mol. The summed E-state index contributed by atoms with van der Waals surface area (Å²) in [5.74, 6) is 0.788. The molecule has 1 aromatic carbocycles. The van der Waals surface area contributed by atoms with Crippen molar-refractivity contribution in [2.75, 3.05) is 17.6 Å². The number of hydrogen-bond acceptors (Lipinski definition) is 3. The van der Waals surface area contributed by atoms with Crippen molar-refractivity contribution in [3.05, 3.63) is 29.3 Å². The van der Waals surface area contributed by atoms with Gasteiger partial charge in [-0.05, 0) is 68.7 Å². The van der Waals surface area contributed by atoms with Crippen LogP contribution in [0.3, 0.4) is 0 Å². The van der Waals surface area contributed by atoms with E-state index in [2.05, 4.69) is 6.92 Å². The molecule has 5 nitrogen and oxygen atoms in total. The average molecular weight is 365 g/mol. The molecule has 1 saturated carbocycles. The lowest BCUT2D eigenvalue weighted by atomic mass is 9.86. The first-order valence-electron chi connectivity index (χ1n) is 9.08. The fraction of sp³-hybridized carbons (Fsp3) is 0.632. The first-order chi connectivity index (χ1) is 11.7. The molecule has 0 bridgehead atoms. The Hall–Kier alpha value is -1.56. The van der Waals surface area contributed by atoms with Crippen LogP contribution in [0.15, 0.2) is 18.2 Å². The van der Waals surface area contributed by atoms with Gasteiger partial charge in [0.25, 0.3) is 5.91 Å². The van der Waals surface area contributed by atoms with E-state index in [9.17, 15) is 13.2 Å². The molecule has 1 amide bonds. The van der Waals surface area contributed by atoms with Crippen LogP contribution < -0.4 is 4.31 Å². The molecule has 0 spiro atoms. The van der Waals surface area contributed by atoms with Gasteiger partial charge in [-0.2, -0.15) is 0 Å². The molecular weight excluding hydrogens is 336 g/mol. The predicted octanol–water partition coefficient (Wildman–Crippen LogP) is 3.05. The zero-order valence-electron chi connectivity index (χ0n) is 15.5.